The minimum atomic E-state index is -0.288. The molecule has 1 heterocycles. The van der Waals surface area contributed by atoms with Gasteiger partial charge in [0.2, 0.25) is 0 Å². The Morgan fingerprint density at radius 1 is 1.56 bits per heavy atom. The predicted molar refractivity (Wildman–Crippen MR) is 37.6 cm³/mol. The Kier molecular flexibility index (Phi) is 1.33. The molecule has 0 saturated heterocycles. The fourth-order valence-corrected chi connectivity index (χ4v) is 0.682. The van der Waals surface area contributed by atoms with Crippen LogP contribution in [0.4, 0.5) is 0 Å². The summed E-state index contributed by atoms with van der Waals surface area (Å²) < 4.78 is 0. The highest BCUT2D eigenvalue weighted by atomic mass is 14.9. The minimum Gasteiger partial charge on any atom is -0.321 e. The van der Waals surface area contributed by atoms with Crippen molar-refractivity contribution in [3.8, 4) is 0 Å². The summed E-state index contributed by atoms with van der Waals surface area (Å²) in [4.78, 5) is 0. The van der Waals surface area contributed by atoms with E-state index in [2.05, 4.69) is 5.32 Å². The third kappa shape index (κ3) is 1.33. The molecular formula is C7H11N2. The fourth-order valence-electron chi connectivity index (χ4n) is 0.682. The molecule has 0 bridgehead atoms. The lowest BCUT2D eigenvalue weighted by Gasteiger charge is -2.18. The van der Waals surface area contributed by atoms with E-state index in [-0.39, 0.29) is 5.54 Å². The topological polar surface area (TPSA) is 40.1 Å². The van der Waals surface area contributed by atoms with Gasteiger partial charge in [-0.25, -0.2) is 0 Å². The molecule has 2 nitrogen and oxygen atoms in total. The normalized spacial score (nSPS) is 17.4. The molecule has 0 amide bonds. The first-order chi connectivity index (χ1) is 4.11. The highest BCUT2D eigenvalue weighted by Gasteiger charge is 2.18. The Bertz CT molecular complexity index is 160. The number of hydrogen-bond acceptors (Lipinski definition) is 1. The van der Waals surface area contributed by atoms with Gasteiger partial charge in [0.15, 0.2) is 0 Å². The highest BCUT2D eigenvalue weighted by Crippen LogP contribution is 2.13. The first-order valence-electron chi connectivity index (χ1n) is 2.98. The number of rotatable bonds is 1. The largest absolute Gasteiger partial charge is 0.321 e. The van der Waals surface area contributed by atoms with E-state index in [9.17, 15) is 0 Å². The van der Waals surface area contributed by atoms with Gasteiger partial charge >= 0.3 is 0 Å². The molecule has 0 aromatic rings. The number of nitrogens with two attached hydrogens (primary N) is 1. The van der Waals surface area contributed by atoms with E-state index >= 15 is 0 Å². The second-order valence-electron chi connectivity index (χ2n) is 2.74. The molecule has 9 heavy (non-hydrogen) atoms. The number of hydrogen-bond donors (Lipinski definition) is 1. The highest BCUT2D eigenvalue weighted by molar-refractivity contribution is 5.26. The van der Waals surface area contributed by atoms with Crippen molar-refractivity contribution in [1.82, 2.24) is 5.32 Å². The van der Waals surface area contributed by atoms with E-state index in [1.807, 2.05) is 26.0 Å². The van der Waals surface area contributed by atoms with Crippen LogP contribution in [0.25, 0.3) is 0 Å². The van der Waals surface area contributed by atoms with Crippen LogP contribution in [0.2, 0.25) is 0 Å². The number of allylic oxidation sites excluding steroid dienone is 2. The lowest BCUT2D eigenvalue weighted by Crippen LogP contribution is -2.36. The molecule has 1 aliphatic heterocycles. The van der Waals surface area contributed by atoms with Gasteiger partial charge in [-0.2, -0.15) is 0 Å². The van der Waals surface area contributed by atoms with E-state index < -0.39 is 0 Å². The van der Waals surface area contributed by atoms with Crippen LogP contribution < -0.4 is 11.1 Å². The predicted octanol–water partition coefficient (Wildman–Crippen LogP) is 0.739. The van der Waals surface area contributed by atoms with Crippen LogP contribution in [-0.2, 0) is 0 Å². The zero-order chi connectivity index (χ0) is 6.91. The molecule has 0 fully saturated rings. The van der Waals surface area contributed by atoms with E-state index in [1.165, 1.54) is 0 Å². The van der Waals surface area contributed by atoms with Gasteiger partial charge in [0.1, 0.15) is 0 Å². The van der Waals surface area contributed by atoms with E-state index in [0.717, 1.165) is 5.70 Å². The third-order valence-corrected chi connectivity index (χ3v) is 1.21. The van der Waals surface area contributed by atoms with E-state index in [1.54, 1.807) is 6.20 Å². The molecule has 49 valence electrons. The molecule has 2 heteroatoms. The summed E-state index contributed by atoms with van der Waals surface area (Å²) in [7, 11) is 0. The molecule has 2 N–H and O–H groups in total. The summed E-state index contributed by atoms with van der Waals surface area (Å²) >= 11 is 0. The minimum absolute atomic E-state index is 0.288. The maximum absolute atomic E-state index is 5.74. The summed E-state index contributed by atoms with van der Waals surface area (Å²) in [6.07, 6.45) is 5.58. The van der Waals surface area contributed by atoms with Crippen molar-refractivity contribution in [3.05, 3.63) is 24.0 Å². The van der Waals surface area contributed by atoms with Crippen molar-refractivity contribution < 1.29 is 0 Å². The molecular weight excluding hydrogens is 112 g/mol. The van der Waals surface area contributed by atoms with Crippen LogP contribution in [0.5, 0.6) is 0 Å². The van der Waals surface area contributed by atoms with Crippen LogP contribution in [0, 0.1) is 0 Å². The van der Waals surface area contributed by atoms with Gasteiger partial charge in [-0.15, -0.1) is 0 Å². The van der Waals surface area contributed by atoms with Crippen molar-refractivity contribution in [2.45, 2.75) is 19.4 Å². The Balaban J connectivity index is 2.66. The monoisotopic (exact) mass is 123 g/mol. The van der Waals surface area contributed by atoms with Gasteiger partial charge in [-0.3, -0.25) is 5.32 Å². The van der Waals surface area contributed by atoms with Crippen LogP contribution in [0.15, 0.2) is 24.0 Å². The Morgan fingerprint density at radius 2 is 2.22 bits per heavy atom. The van der Waals surface area contributed by atoms with Gasteiger partial charge in [0.25, 0.3) is 0 Å². The van der Waals surface area contributed by atoms with E-state index in [4.69, 9.17) is 5.73 Å². The van der Waals surface area contributed by atoms with Crippen molar-refractivity contribution in [1.29, 1.82) is 0 Å². The molecule has 0 atom stereocenters. The fraction of sp³-hybridized carbons (Fsp3) is 0.429. The van der Waals surface area contributed by atoms with Crippen LogP contribution in [0.1, 0.15) is 13.8 Å². The van der Waals surface area contributed by atoms with Gasteiger partial charge in [0, 0.05) is 6.20 Å². The lowest BCUT2D eigenvalue weighted by molar-refractivity contribution is 0.581. The second kappa shape index (κ2) is 1.88. The molecule has 0 aliphatic carbocycles. The van der Waals surface area contributed by atoms with Gasteiger partial charge < -0.3 is 5.73 Å². The smallest absolute Gasteiger partial charge is 0.0597 e. The van der Waals surface area contributed by atoms with Crippen molar-refractivity contribution in [2.24, 2.45) is 5.73 Å². The first-order valence-corrected chi connectivity index (χ1v) is 2.98. The summed E-state index contributed by atoms with van der Waals surface area (Å²) in [5.74, 6) is 0. The van der Waals surface area contributed by atoms with Crippen molar-refractivity contribution >= 4 is 0 Å². The maximum Gasteiger partial charge on any atom is 0.0597 e. The average Bonchev–Trinajstić information content (AvgIpc) is 2.08. The molecule has 1 radical (unpaired) electrons. The van der Waals surface area contributed by atoms with Crippen LogP contribution >= 0.6 is 0 Å². The zero-order valence-electron chi connectivity index (χ0n) is 5.76. The third-order valence-electron chi connectivity index (χ3n) is 1.21. The molecule has 0 spiro atoms. The standard InChI is InChI=1S/C7H11N2/c1-7(2,8)6-4-3-5-9-6/h3-5H,8H2,1-2H3. The maximum atomic E-state index is 5.74. The molecule has 0 unspecified atom stereocenters. The van der Waals surface area contributed by atoms with Crippen LogP contribution in [-0.4, -0.2) is 5.54 Å². The lowest BCUT2D eigenvalue weighted by atomic mass is 10.0. The van der Waals surface area contributed by atoms with Crippen LogP contribution in [0.3, 0.4) is 0 Å². The van der Waals surface area contributed by atoms with E-state index in [0.29, 0.717) is 0 Å². The summed E-state index contributed by atoms with van der Waals surface area (Å²) in [6.45, 7) is 3.88. The number of nitrogens with zero attached hydrogens (tertiary/aromatic N) is 1. The quantitative estimate of drug-likeness (QED) is 0.549. The first kappa shape index (κ1) is 6.36. The molecule has 1 rings (SSSR count). The van der Waals surface area contributed by atoms with Gasteiger partial charge in [0.05, 0.1) is 11.2 Å². The zero-order valence-corrected chi connectivity index (χ0v) is 5.76. The Morgan fingerprint density at radius 3 is 2.44 bits per heavy atom. The summed E-state index contributed by atoms with van der Waals surface area (Å²) in [5.41, 5.74) is 6.40. The Labute approximate surface area is 55.4 Å². The molecule has 0 saturated carbocycles. The summed E-state index contributed by atoms with van der Waals surface area (Å²) in [6, 6.07) is 0. The molecule has 0 aromatic heterocycles. The average molecular weight is 123 g/mol. The summed E-state index contributed by atoms with van der Waals surface area (Å²) in [5, 5.41) is 4.06. The van der Waals surface area contributed by atoms with Gasteiger partial charge in [-0.1, -0.05) is 0 Å². The van der Waals surface area contributed by atoms with Crippen molar-refractivity contribution in [2.75, 3.05) is 0 Å². The van der Waals surface area contributed by atoms with Gasteiger partial charge in [-0.05, 0) is 26.0 Å². The molecule has 1 aliphatic rings. The Hall–Kier alpha value is -0.760. The SMILES string of the molecule is CC(C)(N)C1=CC=C[N]1. The molecule has 0 aromatic carbocycles. The van der Waals surface area contributed by atoms with Crippen molar-refractivity contribution in [3.63, 3.8) is 0 Å². The second-order valence-corrected chi connectivity index (χ2v) is 2.74.